The maximum Gasteiger partial charge on any atom is 0.243 e. The molecule has 1 aliphatic heterocycles. The molecule has 3 N–H and O–H groups in total. The molecular weight excluding hydrogens is 332 g/mol. The number of nitrogens with one attached hydrogen (secondary N) is 1. The van der Waals surface area contributed by atoms with Crippen LogP contribution in [0.3, 0.4) is 0 Å². The molecule has 0 spiro atoms. The Balaban J connectivity index is 2.33. The van der Waals surface area contributed by atoms with Crippen LogP contribution in [-0.2, 0) is 14.8 Å². The van der Waals surface area contributed by atoms with Gasteiger partial charge >= 0.3 is 0 Å². The van der Waals surface area contributed by atoms with Crippen molar-refractivity contribution < 1.29 is 13.2 Å². The summed E-state index contributed by atoms with van der Waals surface area (Å²) < 4.78 is 33.7. The Morgan fingerprint density at radius 3 is 2.74 bits per heavy atom. The van der Waals surface area contributed by atoms with Crippen LogP contribution in [0.2, 0.25) is 0 Å². The molecule has 0 radical (unpaired) electrons. The van der Waals surface area contributed by atoms with Gasteiger partial charge in [0, 0.05) is 11.1 Å². The average molecular weight is 349 g/mol. The first kappa shape index (κ1) is 14.8. The number of rotatable bonds is 3. The first-order valence-electron chi connectivity index (χ1n) is 5.95. The Bertz CT molecular complexity index is 591. The molecule has 19 heavy (non-hydrogen) atoms. The number of sulfonamides is 1. The smallest absolute Gasteiger partial charge is 0.243 e. The summed E-state index contributed by atoms with van der Waals surface area (Å²) in [5.41, 5.74) is 5.40. The summed E-state index contributed by atoms with van der Waals surface area (Å²) in [7, 11) is -3.66. The van der Waals surface area contributed by atoms with Gasteiger partial charge in [0.15, 0.2) is 0 Å². The van der Waals surface area contributed by atoms with Crippen molar-refractivity contribution in [2.45, 2.75) is 36.8 Å². The van der Waals surface area contributed by atoms with Crippen LogP contribution >= 0.6 is 15.9 Å². The zero-order chi connectivity index (χ0) is 14.3. The van der Waals surface area contributed by atoms with Crippen LogP contribution in [0, 0.1) is 0 Å². The van der Waals surface area contributed by atoms with Crippen molar-refractivity contribution in [3.05, 3.63) is 22.7 Å². The third-order valence-corrected chi connectivity index (χ3v) is 5.69. The van der Waals surface area contributed by atoms with Gasteiger partial charge in [-0.1, -0.05) is 15.9 Å². The molecule has 0 amide bonds. The fourth-order valence-corrected chi connectivity index (χ4v) is 4.08. The molecule has 0 aromatic heterocycles. The SMILES string of the molecule is CC1OCCC1(C)NS(=O)(=O)c1ccc(Br)cc1N. The highest BCUT2D eigenvalue weighted by Gasteiger charge is 2.40. The maximum atomic E-state index is 12.4. The number of hydrogen-bond acceptors (Lipinski definition) is 4. The summed E-state index contributed by atoms with van der Waals surface area (Å²) in [6.45, 7) is 4.26. The lowest BCUT2D eigenvalue weighted by Crippen LogP contribution is -2.50. The lowest BCUT2D eigenvalue weighted by molar-refractivity contribution is 0.0957. The van der Waals surface area contributed by atoms with Crippen LogP contribution in [0.15, 0.2) is 27.6 Å². The van der Waals surface area contributed by atoms with E-state index < -0.39 is 15.6 Å². The molecule has 2 atom stereocenters. The maximum absolute atomic E-state index is 12.4. The van der Waals surface area contributed by atoms with Crippen LogP contribution in [0.25, 0.3) is 0 Å². The number of nitrogens with two attached hydrogens (primary N) is 1. The lowest BCUT2D eigenvalue weighted by atomic mass is 9.97. The van der Waals surface area contributed by atoms with Gasteiger partial charge in [-0.15, -0.1) is 0 Å². The minimum Gasteiger partial charge on any atom is -0.398 e. The Morgan fingerprint density at radius 2 is 2.21 bits per heavy atom. The second-order valence-corrected chi connectivity index (χ2v) is 7.53. The van der Waals surface area contributed by atoms with E-state index in [2.05, 4.69) is 20.7 Å². The van der Waals surface area contributed by atoms with Crippen LogP contribution in [-0.4, -0.2) is 26.7 Å². The van der Waals surface area contributed by atoms with E-state index in [9.17, 15) is 8.42 Å². The van der Waals surface area contributed by atoms with Gasteiger partial charge < -0.3 is 10.5 Å². The third kappa shape index (κ3) is 2.94. The number of benzene rings is 1. The third-order valence-electron chi connectivity index (χ3n) is 3.52. The van der Waals surface area contributed by atoms with Gasteiger partial charge in [-0.25, -0.2) is 13.1 Å². The number of ether oxygens (including phenoxy) is 1. The van der Waals surface area contributed by atoms with E-state index in [-0.39, 0.29) is 16.7 Å². The molecule has 5 nitrogen and oxygen atoms in total. The van der Waals surface area contributed by atoms with Crippen molar-refractivity contribution in [1.82, 2.24) is 4.72 Å². The highest BCUT2D eigenvalue weighted by Crippen LogP contribution is 2.29. The molecule has 1 aromatic rings. The molecule has 1 aromatic carbocycles. The van der Waals surface area contributed by atoms with Gasteiger partial charge in [-0.2, -0.15) is 0 Å². The monoisotopic (exact) mass is 348 g/mol. The molecule has 106 valence electrons. The highest BCUT2D eigenvalue weighted by atomic mass is 79.9. The number of anilines is 1. The van der Waals surface area contributed by atoms with E-state index in [4.69, 9.17) is 10.5 Å². The molecule has 2 rings (SSSR count). The number of hydrogen-bond donors (Lipinski definition) is 2. The lowest BCUT2D eigenvalue weighted by Gasteiger charge is -2.28. The van der Waals surface area contributed by atoms with Crippen molar-refractivity contribution in [3.8, 4) is 0 Å². The predicted molar refractivity (Wildman–Crippen MR) is 77.3 cm³/mol. The van der Waals surface area contributed by atoms with Gasteiger partial charge in [0.2, 0.25) is 10.0 Å². The Labute approximate surface area is 121 Å². The van der Waals surface area contributed by atoms with Gasteiger partial charge in [0.05, 0.1) is 17.3 Å². The zero-order valence-electron chi connectivity index (χ0n) is 10.8. The van der Waals surface area contributed by atoms with Crippen molar-refractivity contribution >= 4 is 31.6 Å². The van der Waals surface area contributed by atoms with Crippen molar-refractivity contribution in [3.63, 3.8) is 0 Å². The zero-order valence-corrected chi connectivity index (χ0v) is 13.2. The number of halogens is 1. The van der Waals surface area contributed by atoms with Gasteiger partial charge in [-0.05, 0) is 38.5 Å². The largest absolute Gasteiger partial charge is 0.398 e. The van der Waals surface area contributed by atoms with Gasteiger partial charge in [0.25, 0.3) is 0 Å². The van der Waals surface area contributed by atoms with Crippen LogP contribution in [0.4, 0.5) is 5.69 Å². The fourth-order valence-electron chi connectivity index (χ4n) is 2.09. The average Bonchev–Trinajstić information content (AvgIpc) is 2.57. The molecule has 1 saturated heterocycles. The summed E-state index contributed by atoms with van der Waals surface area (Å²) >= 11 is 3.26. The van der Waals surface area contributed by atoms with Crippen LogP contribution in [0.1, 0.15) is 20.3 Å². The van der Waals surface area contributed by atoms with E-state index in [0.717, 1.165) is 4.47 Å². The molecule has 1 aliphatic rings. The Morgan fingerprint density at radius 1 is 1.53 bits per heavy atom. The van der Waals surface area contributed by atoms with E-state index in [1.165, 1.54) is 6.07 Å². The molecule has 7 heteroatoms. The summed E-state index contributed by atoms with van der Waals surface area (Å²) in [6, 6.07) is 4.72. The van der Waals surface area contributed by atoms with Crippen molar-refractivity contribution in [2.24, 2.45) is 0 Å². The Hall–Kier alpha value is -0.630. The minimum atomic E-state index is -3.66. The molecule has 1 fully saturated rings. The number of nitrogen functional groups attached to an aromatic ring is 1. The van der Waals surface area contributed by atoms with E-state index in [1.807, 2.05) is 13.8 Å². The van der Waals surface area contributed by atoms with Crippen LogP contribution in [0.5, 0.6) is 0 Å². The van der Waals surface area contributed by atoms with Crippen LogP contribution < -0.4 is 10.5 Å². The second kappa shape index (κ2) is 5.05. The van der Waals surface area contributed by atoms with E-state index in [1.54, 1.807) is 12.1 Å². The summed E-state index contributed by atoms with van der Waals surface area (Å²) in [6.07, 6.45) is 0.475. The normalized spacial score (nSPS) is 27.6. The molecule has 0 saturated carbocycles. The predicted octanol–water partition coefficient (Wildman–Crippen LogP) is 1.88. The van der Waals surface area contributed by atoms with Crippen molar-refractivity contribution in [2.75, 3.05) is 12.3 Å². The molecule has 0 bridgehead atoms. The first-order chi connectivity index (χ1) is 8.74. The standard InChI is InChI=1S/C12H17BrN2O3S/c1-8-12(2,5-6-18-8)15-19(16,17)11-4-3-9(13)7-10(11)14/h3-4,7-8,15H,5-6,14H2,1-2H3. The van der Waals surface area contributed by atoms with Gasteiger partial charge in [-0.3, -0.25) is 0 Å². The van der Waals surface area contributed by atoms with E-state index >= 15 is 0 Å². The molecule has 1 heterocycles. The second-order valence-electron chi connectivity index (χ2n) is 4.97. The summed E-state index contributed by atoms with van der Waals surface area (Å²) in [5, 5.41) is 0. The highest BCUT2D eigenvalue weighted by molar-refractivity contribution is 9.10. The van der Waals surface area contributed by atoms with E-state index in [0.29, 0.717) is 13.0 Å². The molecule has 0 aliphatic carbocycles. The fraction of sp³-hybridized carbons (Fsp3) is 0.500. The topological polar surface area (TPSA) is 81.4 Å². The summed E-state index contributed by atoms with van der Waals surface area (Å²) in [5.74, 6) is 0. The quantitative estimate of drug-likeness (QED) is 0.817. The minimum absolute atomic E-state index is 0.0935. The molecule has 2 unspecified atom stereocenters. The Kier molecular flexibility index (Phi) is 3.92. The van der Waals surface area contributed by atoms with Crippen molar-refractivity contribution in [1.29, 1.82) is 0 Å². The van der Waals surface area contributed by atoms with Gasteiger partial charge in [0.1, 0.15) is 4.90 Å². The summed E-state index contributed by atoms with van der Waals surface area (Å²) in [4.78, 5) is 0.0935. The molecular formula is C12H17BrN2O3S. The first-order valence-corrected chi connectivity index (χ1v) is 8.23.